The maximum atomic E-state index is 10.1. The van der Waals surface area contributed by atoms with E-state index in [2.05, 4.69) is 23.1 Å². The van der Waals surface area contributed by atoms with Gasteiger partial charge in [0.15, 0.2) is 16.9 Å². The Balaban J connectivity index is 2.00. The van der Waals surface area contributed by atoms with Gasteiger partial charge in [0.25, 0.3) is 0 Å². The largest absolute Gasteiger partial charge is 0.454 e. The zero-order chi connectivity index (χ0) is 20.8. The first-order valence-corrected chi connectivity index (χ1v) is 9.63. The van der Waals surface area contributed by atoms with Crippen LogP contribution in [0.4, 0.5) is 0 Å². The Kier molecular flexibility index (Phi) is 4.63. The second kappa shape index (κ2) is 7.01. The summed E-state index contributed by atoms with van der Waals surface area (Å²) in [4.78, 5) is 2.19. The van der Waals surface area contributed by atoms with Gasteiger partial charge in [0.2, 0.25) is 6.79 Å². The summed E-state index contributed by atoms with van der Waals surface area (Å²) >= 11 is 6.59. The van der Waals surface area contributed by atoms with Crippen molar-refractivity contribution in [3.8, 4) is 29.7 Å². The molecule has 0 saturated carbocycles. The molecule has 2 heterocycles. The number of likely N-dealkylation sites (N-methyl/N-ethyl adjacent to an activating group) is 1. The van der Waals surface area contributed by atoms with Crippen LogP contribution in [0.1, 0.15) is 18.4 Å². The third-order valence-electron chi connectivity index (χ3n) is 6.01. The highest BCUT2D eigenvalue weighted by Crippen LogP contribution is 2.56. The fraction of sp³-hybridized carbons (Fsp3) is 0.381. The van der Waals surface area contributed by atoms with Crippen LogP contribution in [0.3, 0.4) is 0 Å². The predicted octanol–water partition coefficient (Wildman–Crippen LogP) is 2.81. The van der Waals surface area contributed by atoms with Crippen LogP contribution in [0.15, 0.2) is 35.1 Å². The lowest BCUT2D eigenvalue weighted by Gasteiger charge is -2.45. The molecule has 0 aromatic heterocycles. The molecule has 0 bridgehead atoms. The van der Waals surface area contributed by atoms with Gasteiger partial charge in [-0.3, -0.25) is 4.90 Å². The molecule has 146 valence electrons. The molecule has 8 heteroatoms. The molecule has 0 spiro atoms. The number of benzene rings is 1. The molecule has 1 aromatic carbocycles. The molecule has 0 radical (unpaired) electrons. The molecule has 0 unspecified atom stereocenters. The van der Waals surface area contributed by atoms with E-state index in [9.17, 15) is 15.8 Å². The van der Waals surface area contributed by atoms with Gasteiger partial charge in [-0.1, -0.05) is 24.6 Å². The van der Waals surface area contributed by atoms with Crippen molar-refractivity contribution in [2.24, 2.45) is 17.1 Å². The molecule has 3 aliphatic rings. The molecule has 7 nitrogen and oxygen atoms in total. The standard InChI is InChI=1S/C21H18ClN5O2/c1-2-27-4-3-12-14(7-23)20(26)21(9-24,10-25)19(15(12)8-27)13-5-17-18(6-16(13)22)29-11-28-17/h3,5-6,15,19H,2,4,8,11,26H2,1H3/t15-,19-/m1/s1. The molecule has 0 saturated heterocycles. The molecular formula is C21H18ClN5O2. The normalized spacial score (nSPS) is 24.7. The van der Waals surface area contributed by atoms with Crippen LogP contribution in [0.2, 0.25) is 5.02 Å². The summed E-state index contributed by atoms with van der Waals surface area (Å²) in [5.41, 5.74) is 6.16. The van der Waals surface area contributed by atoms with E-state index in [1.165, 1.54) is 0 Å². The monoisotopic (exact) mass is 407 g/mol. The van der Waals surface area contributed by atoms with Crippen molar-refractivity contribution < 1.29 is 9.47 Å². The second-order valence-electron chi connectivity index (χ2n) is 7.25. The van der Waals surface area contributed by atoms with Crippen LogP contribution in [0, 0.1) is 45.3 Å². The Labute approximate surface area is 173 Å². The lowest BCUT2D eigenvalue weighted by molar-refractivity contribution is 0.173. The average Bonchev–Trinajstić information content (AvgIpc) is 3.19. The average molecular weight is 408 g/mol. The smallest absolute Gasteiger partial charge is 0.231 e. The van der Waals surface area contributed by atoms with Crippen molar-refractivity contribution in [2.45, 2.75) is 12.8 Å². The van der Waals surface area contributed by atoms with Gasteiger partial charge in [-0.05, 0) is 23.7 Å². The van der Waals surface area contributed by atoms with Crippen LogP contribution in [-0.4, -0.2) is 31.3 Å². The molecule has 2 aliphatic heterocycles. The van der Waals surface area contributed by atoms with E-state index < -0.39 is 11.3 Å². The Morgan fingerprint density at radius 2 is 1.93 bits per heavy atom. The maximum Gasteiger partial charge on any atom is 0.231 e. The number of fused-ring (bicyclic) bond motifs is 2. The SMILES string of the molecule is CCN1CC=C2C(C#N)=C(N)C(C#N)(C#N)[C@H](c3cc4c(cc3Cl)OCO4)[C@@H]2C1. The maximum absolute atomic E-state index is 10.1. The van der Waals surface area contributed by atoms with Crippen LogP contribution in [-0.2, 0) is 0 Å². The first kappa shape index (κ1) is 19.2. The number of nitriles is 3. The van der Waals surface area contributed by atoms with E-state index in [1.54, 1.807) is 12.1 Å². The number of halogens is 1. The van der Waals surface area contributed by atoms with Gasteiger partial charge in [-0.25, -0.2) is 0 Å². The van der Waals surface area contributed by atoms with E-state index in [0.29, 0.717) is 35.2 Å². The minimum Gasteiger partial charge on any atom is -0.454 e. The summed E-state index contributed by atoms with van der Waals surface area (Å²) in [5, 5.41) is 30.4. The highest BCUT2D eigenvalue weighted by Gasteiger charge is 2.55. The summed E-state index contributed by atoms with van der Waals surface area (Å²) in [6, 6.07) is 9.73. The zero-order valence-electron chi connectivity index (χ0n) is 15.8. The summed E-state index contributed by atoms with van der Waals surface area (Å²) in [7, 11) is 0. The Bertz CT molecular complexity index is 1060. The summed E-state index contributed by atoms with van der Waals surface area (Å²) < 4.78 is 10.9. The lowest BCUT2D eigenvalue weighted by atomic mass is 9.58. The summed E-state index contributed by atoms with van der Waals surface area (Å²) in [6.07, 6.45) is 1.97. The topological polar surface area (TPSA) is 119 Å². The summed E-state index contributed by atoms with van der Waals surface area (Å²) in [6.45, 7) is 4.19. The first-order chi connectivity index (χ1) is 14.0. The molecular weight excluding hydrogens is 390 g/mol. The number of nitrogens with two attached hydrogens (primary N) is 1. The molecule has 1 aromatic rings. The molecule has 0 amide bonds. The van der Waals surface area contributed by atoms with E-state index in [-0.39, 0.29) is 24.0 Å². The molecule has 0 fully saturated rings. The fourth-order valence-corrected chi connectivity index (χ4v) is 4.78. The van der Waals surface area contributed by atoms with Gasteiger partial charge in [0.1, 0.15) is 6.07 Å². The van der Waals surface area contributed by atoms with E-state index in [4.69, 9.17) is 26.8 Å². The van der Waals surface area contributed by atoms with E-state index in [0.717, 1.165) is 12.1 Å². The zero-order valence-corrected chi connectivity index (χ0v) is 16.5. The molecule has 4 rings (SSSR count). The second-order valence-corrected chi connectivity index (χ2v) is 7.66. The Hall–Kier alpha value is -3.18. The van der Waals surface area contributed by atoms with Crippen LogP contribution < -0.4 is 15.2 Å². The van der Waals surface area contributed by atoms with Gasteiger partial charge in [0, 0.05) is 36.0 Å². The van der Waals surface area contributed by atoms with Crippen molar-refractivity contribution >= 4 is 11.6 Å². The summed E-state index contributed by atoms with van der Waals surface area (Å²) in [5.74, 6) is 0.0846. The minimum atomic E-state index is -1.72. The third-order valence-corrected chi connectivity index (χ3v) is 6.34. The molecule has 1 aliphatic carbocycles. The minimum absolute atomic E-state index is 0.0174. The van der Waals surface area contributed by atoms with Crippen molar-refractivity contribution in [3.63, 3.8) is 0 Å². The van der Waals surface area contributed by atoms with Crippen LogP contribution in [0.5, 0.6) is 11.5 Å². The first-order valence-electron chi connectivity index (χ1n) is 9.25. The Morgan fingerprint density at radius 3 is 2.55 bits per heavy atom. The number of hydrogen-bond donors (Lipinski definition) is 1. The fourth-order valence-electron chi connectivity index (χ4n) is 4.51. The van der Waals surface area contributed by atoms with Crippen LogP contribution in [0.25, 0.3) is 0 Å². The molecule has 29 heavy (non-hydrogen) atoms. The highest BCUT2D eigenvalue weighted by atomic mass is 35.5. The quantitative estimate of drug-likeness (QED) is 0.800. The van der Waals surface area contributed by atoms with Crippen LogP contribution >= 0.6 is 11.6 Å². The molecule has 2 N–H and O–H groups in total. The number of rotatable bonds is 2. The number of nitrogens with zero attached hydrogens (tertiary/aromatic N) is 4. The molecule has 2 atom stereocenters. The van der Waals surface area contributed by atoms with Crippen molar-refractivity contribution in [1.29, 1.82) is 15.8 Å². The number of allylic oxidation sites excluding steroid dienone is 2. The van der Waals surface area contributed by atoms with Crippen molar-refractivity contribution in [2.75, 3.05) is 26.4 Å². The van der Waals surface area contributed by atoms with Gasteiger partial charge in [-0.15, -0.1) is 0 Å². The Morgan fingerprint density at radius 1 is 1.24 bits per heavy atom. The number of ether oxygens (including phenoxy) is 2. The van der Waals surface area contributed by atoms with Crippen molar-refractivity contribution in [3.05, 3.63) is 45.6 Å². The third kappa shape index (κ3) is 2.65. The van der Waals surface area contributed by atoms with Gasteiger partial charge >= 0.3 is 0 Å². The van der Waals surface area contributed by atoms with Gasteiger partial charge in [0.05, 0.1) is 23.4 Å². The predicted molar refractivity (Wildman–Crippen MR) is 104 cm³/mol. The van der Waals surface area contributed by atoms with E-state index >= 15 is 0 Å². The number of hydrogen-bond acceptors (Lipinski definition) is 7. The lowest BCUT2D eigenvalue weighted by Crippen LogP contribution is -2.48. The highest BCUT2D eigenvalue weighted by molar-refractivity contribution is 6.31. The van der Waals surface area contributed by atoms with Crippen molar-refractivity contribution in [1.82, 2.24) is 4.90 Å². The van der Waals surface area contributed by atoms with Gasteiger partial charge < -0.3 is 15.2 Å². The van der Waals surface area contributed by atoms with Gasteiger partial charge in [-0.2, -0.15) is 15.8 Å². The van der Waals surface area contributed by atoms with E-state index in [1.807, 2.05) is 13.0 Å².